The molecule has 41 heavy (non-hydrogen) atoms. The lowest BCUT2D eigenvalue weighted by Crippen LogP contribution is -2.50. The van der Waals surface area contributed by atoms with Crippen LogP contribution in [0.25, 0.3) is 11.1 Å². The molecule has 1 atom stereocenters. The Balaban J connectivity index is 1.91. The first-order valence-corrected chi connectivity index (χ1v) is 15.3. The van der Waals surface area contributed by atoms with Crippen LogP contribution >= 0.6 is 0 Å². The van der Waals surface area contributed by atoms with Gasteiger partial charge in [-0.3, -0.25) is 14.4 Å². The highest BCUT2D eigenvalue weighted by molar-refractivity contribution is 6.20. The van der Waals surface area contributed by atoms with Gasteiger partial charge in [-0.15, -0.1) is 0 Å². The van der Waals surface area contributed by atoms with Crippen LogP contribution in [0.2, 0.25) is 0 Å². The molecule has 0 aliphatic carbocycles. The van der Waals surface area contributed by atoms with E-state index >= 15 is 0 Å². The summed E-state index contributed by atoms with van der Waals surface area (Å²) < 4.78 is 0. The summed E-state index contributed by atoms with van der Waals surface area (Å²) in [5.41, 5.74) is 3.09. The number of amides is 3. The average Bonchev–Trinajstić information content (AvgIpc) is 2.98. The molecule has 0 unspecified atom stereocenters. The van der Waals surface area contributed by atoms with Crippen LogP contribution in [0.4, 0.5) is 0 Å². The van der Waals surface area contributed by atoms with Crippen molar-refractivity contribution >= 4 is 28.9 Å². The third kappa shape index (κ3) is 11.4. The van der Waals surface area contributed by atoms with Crippen LogP contribution in [0.3, 0.4) is 0 Å². The minimum absolute atomic E-state index is 0.0426. The molecule has 0 saturated carbocycles. The Morgan fingerprint density at radius 2 is 1.22 bits per heavy atom. The summed E-state index contributed by atoms with van der Waals surface area (Å²) in [5, 5.41) is 9.12. The quantitative estimate of drug-likeness (QED) is 0.406. The van der Waals surface area contributed by atoms with Crippen LogP contribution in [0.5, 0.6) is 0 Å². The first kappa shape index (κ1) is 31.9. The molecular weight excluding hydrogens is 510 g/mol. The van der Waals surface area contributed by atoms with Crippen molar-refractivity contribution in [3.8, 4) is 0 Å². The third-order valence-corrected chi connectivity index (χ3v) is 7.52. The Bertz CT molecular complexity index is 1160. The van der Waals surface area contributed by atoms with Crippen molar-refractivity contribution in [3.05, 3.63) is 83.9 Å². The predicted octanol–water partition coefficient (Wildman–Crippen LogP) is 6.44. The summed E-state index contributed by atoms with van der Waals surface area (Å²) in [5.74, 6) is -0.490. The lowest BCUT2D eigenvalue weighted by Gasteiger charge is -2.22. The Kier molecular flexibility index (Phi) is 13.9. The van der Waals surface area contributed by atoms with Crippen molar-refractivity contribution in [1.82, 2.24) is 16.0 Å². The van der Waals surface area contributed by atoms with E-state index in [1.54, 1.807) is 6.08 Å². The molecule has 6 heteroatoms. The number of carbonyl (C=O) groups is 3. The first-order valence-electron chi connectivity index (χ1n) is 15.3. The van der Waals surface area contributed by atoms with Gasteiger partial charge in [-0.05, 0) is 41.5 Å². The zero-order valence-corrected chi connectivity index (χ0v) is 24.8. The fraction of sp³-hybridized carbons (Fsp3) is 0.457. The molecule has 3 N–H and O–H groups in total. The average molecular weight is 558 g/mol. The number of nitrogens with one attached hydrogen (secondary N) is 3. The third-order valence-electron chi connectivity index (χ3n) is 7.52. The van der Waals surface area contributed by atoms with Gasteiger partial charge in [0.15, 0.2) is 0 Å². The molecule has 0 bridgehead atoms. The molecule has 3 rings (SSSR count). The second kappa shape index (κ2) is 17.9. The van der Waals surface area contributed by atoms with E-state index in [1.165, 1.54) is 19.3 Å². The van der Waals surface area contributed by atoms with Crippen molar-refractivity contribution in [2.75, 3.05) is 13.1 Å². The molecular formula is C35H47N3O3. The smallest absolute Gasteiger partial charge is 0.252 e. The zero-order chi connectivity index (χ0) is 29.3. The van der Waals surface area contributed by atoms with Gasteiger partial charge in [0.2, 0.25) is 11.8 Å². The fourth-order valence-electron chi connectivity index (χ4n) is 5.02. The summed E-state index contributed by atoms with van der Waals surface area (Å²) in [6, 6.07) is 18.7. The monoisotopic (exact) mass is 557 g/mol. The number of carbonyl (C=O) groups excluding carboxylic acids is 3. The van der Waals surface area contributed by atoms with E-state index in [9.17, 15) is 14.4 Å². The highest BCUT2D eigenvalue weighted by atomic mass is 16.2. The fourth-order valence-corrected chi connectivity index (χ4v) is 5.02. The van der Waals surface area contributed by atoms with Crippen LogP contribution < -0.4 is 16.0 Å². The predicted molar refractivity (Wildman–Crippen MR) is 168 cm³/mol. The van der Waals surface area contributed by atoms with Crippen molar-refractivity contribution < 1.29 is 14.4 Å². The van der Waals surface area contributed by atoms with E-state index in [-0.39, 0.29) is 23.6 Å². The van der Waals surface area contributed by atoms with Crippen LogP contribution in [0.1, 0.15) is 89.2 Å². The van der Waals surface area contributed by atoms with E-state index in [0.717, 1.165) is 55.2 Å². The van der Waals surface area contributed by atoms with Gasteiger partial charge in [0.1, 0.15) is 6.04 Å². The first-order chi connectivity index (χ1) is 20.0. The molecule has 2 aromatic carbocycles. The van der Waals surface area contributed by atoms with Crippen LogP contribution in [0, 0.1) is 5.92 Å². The molecule has 1 aliphatic rings. The normalized spacial score (nSPS) is 22.3. The van der Waals surface area contributed by atoms with Gasteiger partial charge < -0.3 is 16.0 Å². The number of rotatable bonds is 3. The zero-order valence-electron chi connectivity index (χ0n) is 24.8. The largest absolute Gasteiger partial charge is 0.354 e. The second-order valence-corrected chi connectivity index (χ2v) is 11.2. The summed E-state index contributed by atoms with van der Waals surface area (Å²) in [6.07, 6.45) is 14.1. The Morgan fingerprint density at radius 1 is 0.659 bits per heavy atom. The molecule has 0 aromatic heterocycles. The van der Waals surface area contributed by atoms with Gasteiger partial charge in [-0.1, -0.05) is 126 Å². The molecule has 3 amide bonds. The molecule has 0 spiro atoms. The van der Waals surface area contributed by atoms with Gasteiger partial charge in [-0.2, -0.15) is 0 Å². The lowest BCUT2D eigenvalue weighted by atomic mass is 9.99. The van der Waals surface area contributed by atoms with E-state index in [2.05, 4.69) is 16.0 Å². The molecule has 1 aliphatic heterocycles. The second-order valence-electron chi connectivity index (χ2n) is 11.2. The van der Waals surface area contributed by atoms with Crippen molar-refractivity contribution in [3.63, 3.8) is 0 Å². The van der Waals surface area contributed by atoms with Crippen molar-refractivity contribution in [1.29, 1.82) is 0 Å². The van der Waals surface area contributed by atoms with Gasteiger partial charge in [-0.25, -0.2) is 0 Å². The lowest BCUT2D eigenvalue weighted by molar-refractivity contribution is -0.127. The van der Waals surface area contributed by atoms with Crippen LogP contribution in [-0.4, -0.2) is 36.9 Å². The summed E-state index contributed by atoms with van der Waals surface area (Å²) in [6.45, 7) is 4.86. The molecule has 6 nitrogen and oxygen atoms in total. The topological polar surface area (TPSA) is 87.3 Å². The number of hydrogen-bond donors (Lipinski definition) is 3. The minimum atomic E-state index is -0.645. The van der Waals surface area contributed by atoms with Crippen LogP contribution in [0.15, 0.2) is 72.8 Å². The van der Waals surface area contributed by atoms with E-state index in [1.807, 2.05) is 80.6 Å². The SMILES string of the molecule is CC(C)[C@@H]1NC(=O)/C(c2ccccc2)=C\C=C(\c2ccccc2)CNC(=O)CCCCCCCCCCCNC1=O. The van der Waals surface area contributed by atoms with E-state index < -0.39 is 6.04 Å². The van der Waals surface area contributed by atoms with Gasteiger partial charge in [0.25, 0.3) is 5.91 Å². The minimum Gasteiger partial charge on any atom is -0.354 e. The molecule has 0 saturated heterocycles. The summed E-state index contributed by atoms with van der Waals surface area (Å²) in [4.78, 5) is 39.4. The Labute approximate surface area is 246 Å². The van der Waals surface area contributed by atoms with Crippen molar-refractivity contribution in [2.45, 2.75) is 84.1 Å². The molecule has 0 radical (unpaired) electrons. The maximum absolute atomic E-state index is 13.7. The Morgan fingerprint density at radius 3 is 1.83 bits per heavy atom. The number of allylic oxidation sites excluding steroid dienone is 2. The maximum Gasteiger partial charge on any atom is 0.252 e. The highest BCUT2D eigenvalue weighted by Crippen LogP contribution is 2.20. The van der Waals surface area contributed by atoms with E-state index in [0.29, 0.717) is 25.1 Å². The van der Waals surface area contributed by atoms with Gasteiger partial charge in [0, 0.05) is 25.1 Å². The van der Waals surface area contributed by atoms with Crippen molar-refractivity contribution in [2.24, 2.45) is 5.92 Å². The molecule has 1 heterocycles. The molecule has 2 aromatic rings. The number of benzene rings is 2. The summed E-state index contributed by atoms with van der Waals surface area (Å²) in [7, 11) is 0. The standard InChI is InChI=1S/C35H47N3O3/c1-27(2)33-35(41)36-25-17-9-7-5-3-4-6-8-16-22-32(39)37-26-30(28-18-12-10-13-19-28)23-24-31(34(40)38-33)29-20-14-11-15-21-29/h10-15,18-21,23-24,27,33H,3-9,16-17,22,25-26H2,1-2H3,(H,36,41)(H,37,39)(H,38,40)/b30-23+,31-24-/t33-/m0/s1. The summed E-state index contributed by atoms with van der Waals surface area (Å²) >= 11 is 0. The highest BCUT2D eigenvalue weighted by Gasteiger charge is 2.25. The molecule has 220 valence electrons. The number of hydrogen-bond acceptors (Lipinski definition) is 3. The maximum atomic E-state index is 13.7. The van der Waals surface area contributed by atoms with Crippen LogP contribution in [-0.2, 0) is 14.4 Å². The van der Waals surface area contributed by atoms with Gasteiger partial charge in [0.05, 0.1) is 0 Å². The van der Waals surface area contributed by atoms with E-state index in [4.69, 9.17) is 0 Å². The van der Waals surface area contributed by atoms with Gasteiger partial charge >= 0.3 is 0 Å². The Hall–Kier alpha value is -3.67. The molecule has 0 fully saturated rings.